The van der Waals surface area contributed by atoms with Gasteiger partial charge in [-0.25, -0.2) is 4.79 Å². The van der Waals surface area contributed by atoms with E-state index in [1.54, 1.807) is 50.6 Å². The smallest absolute Gasteiger partial charge is 0.411 e. The molecule has 2 aromatic carbocycles. The van der Waals surface area contributed by atoms with Crippen LogP contribution in [0.2, 0.25) is 0 Å². The van der Waals surface area contributed by atoms with Crippen LogP contribution in [-0.4, -0.2) is 32.8 Å². The Bertz CT molecular complexity index is 820. The highest BCUT2D eigenvalue weighted by molar-refractivity contribution is 5.93. The zero-order valence-corrected chi connectivity index (χ0v) is 16.6. The van der Waals surface area contributed by atoms with Gasteiger partial charge in [0.25, 0.3) is 0 Å². The summed E-state index contributed by atoms with van der Waals surface area (Å²) in [4.78, 5) is 24.1. The summed E-state index contributed by atoms with van der Waals surface area (Å²) in [5.41, 5.74) is 1.91. The zero-order chi connectivity index (χ0) is 20.5. The van der Waals surface area contributed by atoms with Crippen molar-refractivity contribution < 1.29 is 23.8 Å². The van der Waals surface area contributed by atoms with Gasteiger partial charge >= 0.3 is 6.09 Å². The Morgan fingerprint density at radius 1 is 0.929 bits per heavy atom. The molecule has 2 rings (SSSR count). The lowest BCUT2D eigenvalue weighted by Gasteiger charge is -2.11. The second-order valence-electron chi connectivity index (χ2n) is 6.61. The fourth-order valence-corrected chi connectivity index (χ4v) is 2.45. The summed E-state index contributed by atoms with van der Waals surface area (Å²) in [7, 11) is 3.11. The average Bonchev–Trinajstić information content (AvgIpc) is 2.66. The second-order valence-corrected chi connectivity index (χ2v) is 6.61. The topological polar surface area (TPSA) is 85.9 Å². The maximum Gasteiger partial charge on any atom is 0.411 e. The minimum absolute atomic E-state index is 0.175. The summed E-state index contributed by atoms with van der Waals surface area (Å²) in [6, 6.07) is 12.2. The number of hydrogen-bond donors (Lipinski definition) is 2. The molecule has 0 radical (unpaired) electrons. The molecule has 0 aromatic heterocycles. The van der Waals surface area contributed by atoms with E-state index in [9.17, 15) is 9.59 Å². The molecule has 0 unspecified atom stereocenters. The summed E-state index contributed by atoms with van der Waals surface area (Å²) in [5.74, 6) is 1.24. The van der Waals surface area contributed by atoms with Crippen LogP contribution in [0.4, 0.5) is 16.2 Å². The van der Waals surface area contributed by atoms with Crippen LogP contribution in [0.3, 0.4) is 0 Å². The predicted molar refractivity (Wildman–Crippen MR) is 108 cm³/mol. The number of methoxy groups -OCH3 is 2. The first kappa shape index (κ1) is 21.1. The van der Waals surface area contributed by atoms with E-state index < -0.39 is 6.09 Å². The van der Waals surface area contributed by atoms with E-state index in [1.807, 2.05) is 19.9 Å². The van der Waals surface area contributed by atoms with Crippen LogP contribution in [0.5, 0.6) is 11.5 Å². The van der Waals surface area contributed by atoms with Gasteiger partial charge in [0.05, 0.1) is 27.2 Å². The average molecular weight is 386 g/mol. The standard InChI is InChI=1S/C21H26N2O5/c1-14(2)13-28-21(25)23-17-7-5-6-16(12-17)22-20(24)11-15-8-9-18(26-3)19(10-15)27-4/h5-10,12,14H,11,13H2,1-4H3,(H,22,24)(H,23,25). The van der Waals surface area contributed by atoms with Crippen LogP contribution < -0.4 is 20.1 Å². The van der Waals surface area contributed by atoms with E-state index in [0.717, 1.165) is 5.56 Å². The van der Waals surface area contributed by atoms with Gasteiger partial charge in [0, 0.05) is 11.4 Å². The van der Waals surface area contributed by atoms with Gasteiger partial charge in [0.1, 0.15) is 0 Å². The Morgan fingerprint density at radius 2 is 1.61 bits per heavy atom. The van der Waals surface area contributed by atoms with Crippen LogP contribution >= 0.6 is 0 Å². The van der Waals surface area contributed by atoms with Crippen LogP contribution in [0.25, 0.3) is 0 Å². The quantitative estimate of drug-likeness (QED) is 0.714. The number of nitrogens with one attached hydrogen (secondary N) is 2. The Morgan fingerprint density at radius 3 is 2.25 bits per heavy atom. The molecule has 7 heteroatoms. The normalized spacial score (nSPS) is 10.3. The Balaban J connectivity index is 1.96. The Kier molecular flexibility index (Phi) is 7.68. The van der Waals surface area contributed by atoms with Crippen LogP contribution in [0, 0.1) is 5.92 Å². The third kappa shape index (κ3) is 6.50. The van der Waals surface area contributed by atoms with E-state index in [2.05, 4.69) is 10.6 Å². The largest absolute Gasteiger partial charge is 0.493 e. The van der Waals surface area contributed by atoms with Crippen LogP contribution in [-0.2, 0) is 16.0 Å². The molecule has 0 fully saturated rings. The first-order valence-corrected chi connectivity index (χ1v) is 8.96. The molecule has 0 saturated carbocycles. The summed E-state index contributed by atoms with van der Waals surface area (Å²) < 4.78 is 15.5. The van der Waals surface area contributed by atoms with Crippen molar-refractivity contribution in [1.82, 2.24) is 0 Å². The second kappa shape index (κ2) is 10.2. The van der Waals surface area contributed by atoms with Crippen molar-refractivity contribution >= 4 is 23.4 Å². The van der Waals surface area contributed by atoms with E-state index in [-0.39, 0.29) is 18.2 Å². The van der Waals surface area contributed by atoms with Crippen molar-refractivity contribution in [2.75, 3.05) is 31.5 Å². The third-order valence-electron chi connectivity index (χ3n) is 3.75. The Hall–Kier alpha value is -3.22. The first-order chi connectivity index (χ1) is 13.4. The summed E-state index contributed by atoms with van der Waals surface area (Å²) in [5, 5.41) is 5.46. The summed E-state index contributed by atoms with van der Waals surface area (Å²) >= 11 is 0. The molecule has 0 heterocycles. The van der Waals surface area contributed by atoms with Crippen molar-refractivity contribution in [3.63, 3.8) is 0 Å². The van der Waals surface area contributed by atoms with Gasteiger partial charge in [0.2, 0.25) is 5.91 Å². The van der Waals surface area contributed by atoms with Gasteiger partial charge in [-0.3, -0.25) is 10.1 Å². The number of ether oxygens (including phenoxy) is 3. The molecule has 0 aliphatic rings. The highest BCUT2D eigenvalue weighted by Crippen LogP contribution is 2.27. The predicted octanol–water partition coefficient (Wildman–Crippen LogP) is 4.09. The lowest BCUT2D eigenvalue weighted by atomic mass is 10.1. The molecule has 28 heavy (non-hydrogen) atoms. The number of amides is 2. The number of rotatable bonds is 8. The number of anilines is 2. The fourth-order valence-electron chi connectivity index (χ4n) is 2.45. The van der Waals surface area contributed by atoms with Gasteiger partial charge in [-0.05, 0) is 41.8 Å². The molecule has 0 spiro atoms. The highest BCUT2D eigenvalue weighted by Gasteiger charge is 2.10. The van der Waals surface area contributed by atoms with Crippen molar-refractivity contribution in [2.24, 2.45) is 5.92 Å². The zero-order valence-electron chi connectivity index (χ0n) is 16.6. The number of carbonyl (C=O) groups is 2. The molecule has 2 N–H and O–H groups in total. The molecule has 0 saturated heterocycles. The molecule has 7 nitrogen and oxygen atoms in total. The molecule has 0 aliphatic carbocycles. The SMILES string of the molecule is COc1ccc(CC(=O)Nc2cccc(NC(=O)OCC(C)C)c2)cc1OC. The van der Waals surface area contributed by atoms with Gasteiger partial charge in [-0.2, -0.15) is 0 Å². The molecule has 2 aromatic rings. The van der Waals surface area contributed by atoms with E-state index in [1.165, 1.54) is 0 Å². The maximum absolute atomic E-state index is 12.4. The van der Waals surface area contributed by atoms with Gasteiger partial charge < -0.3 is 19.5 Å². The number of hydrogen-bond acceptors (Lipinski definition) is 5. The van der Waals surface area contributed by atoms with Crippen molar-refractivity contribution in [3.05, 3.63) is 48.0 Å². The third-order valence-corrected chi connectivity index (χ3v) is 3.75. The molecule has 0 atom stereocenters. The minimum atomic E-state index is -0.525. The monoisotopic (exact) mass is 386 g/mol. The molecule has 0 bridgehead atoms. The summed E-state index contributed by atoms with van der Waals surface area (Å²) in [6.45, 7) is 4.26. The van der Waals surface area contributed by atoms with E-state index in [0.29, 0.717) is 29.5 Å². The van der Waals surface area contributed by atoms with E-state index in [4.69, 9.17) is 14.2 Å². The Labute approximate surface area is 165 Å². The lowest BCUT2D eigenvalue weighted by Crippen LogP contribution is -2.17. The minimum Gasteiger partial charge on any atom is -0.493 e. The lowest BCUT2D eigenvalue weighted by molar-refractivity contribution is -0.115. The molecular weight excluding hydrogens is 360 g/mol. The van der Waals surface area contributed by atoms with Crippen LogP contribution in [0.1, 0.15) is 19.4 Å². The van der Waals surface area contributed by atoms with Crippen molar-refractivity contribution in [1.29, 1.82) is 0 Å². The highest BCUT2D eigenvalue weighted by atomic mass is 16.5. The van der Waals surface area contributed by atoms with E-state index >= 15 is 0 Å². The fraction of sp³-hybridized carbons (Fsp3) is 0.333. The molecule has 150 valence electrons. The van der Waals surface area contributed by atoms with Crippen molar-refractivity contribution in [2.45, 2.75) is 20.3 Å². The van der Waals surface area contributed by atoms with Gasteiger partial charge in [-0.15, -0.1) is 0 Å². The summed E-state index contributed by atoms with van der Waals surface area (Å²) in [6.07, 6.45) is -0.350. The number of carbonyl (C=O) groups excluding carboxylic acids is 2. The van der Waals surface area contributed by atoms with Gasteiger partial charge in [0.15, 0.2) is 11.5 Å². The van der Waals surface area contributed by atoms with Crippen LogP contribution in [0.15, 0.2) is 42.5 Å². The molecule has 0 aliphatic heterocycles. The molecular formula is C21H26N2O5. The molecule has 2 amide bonds. The maximum atomic E-state index is 12.4. The number of benzene rings is 2. The first-order valence-electron chi connectivity index (χ1n) is 8.96. The van der Waals surface area contributed by atoms with Crippen molar-refractivity contribution in [3.8, 4) is 11.5 Å². The van der Waals surface area contributed by atoms with Gasteiger partial charge in [-0.1, -0.05) is 26.0 Å².